The van der Waals surface area contributed by atoms with E-state index in [0.717, 1.165) is 0 Å². The van der Waals surface area contributed by atoms with Gasteiger partial charge in [-0.15, -0.1) is 0 Å². The average molecular weight is 442 g/mol. The molecule has 0 saturated carbocycles. The molecule has 10 nitrogen and oxygen atoms in total. The number of benzene rings is 2. The average Bonchev–Trinajstić information content (AvgIpc) is 2.79. The van der Waals surface area contributed by atoms with Gasteiger partial charge in [-0.1, -0.05) is 36.4 Å². The topological polar surface area (TPSA) is 135 Å². The summed E-state index contributed by atoms with van der Waals surface area (Å²) >= 11 is 0. The monoisotopic (exact) mass is 442 g/mol. The van der Waals surface area contributed by atoms with Gasteiger partial charge >= 0.3 is 12.2 Å². The second-order valence-corrected chi connectivity index (χ2v) is 6.36. The molecule has 0 bridgehead atoms. The Morgan fingerprint density at radius 3 is 1.28 bits per heavy atom. The number of amides is 4. The first kappa shape index (κ1) is 24.2. The number of carbonyl (C=O) groups is 4. The first-order valence-corrected chi connectivity index (χ1v) is 10.0. The summed E-state index contributed by atoms with van der Waals surface area (Å²) in [6.07, 6.45) is -4.23. The molecule has 4 amide bonds. The second-order valence-electron chi connectivity index (χ2n) is 6.36. The zero-order valence-corrected chi connectivity index (χ0v) is 17.8. The maximum atomic E-state index is 12.7. The van der Waals surface area contributed by atoms with Gasteiger partial charge in [-0.3, -0.25) is 20.2 Å². The number of carbonyl (C=O) groups excluding carboxylic acids is 4. The fourth-order valence-corrected chi connectivity index (χ4v) is 2.63. The highest BCUT2D eigenvalue weighted by Gasteiger charge is 2.29. The Balaban J connectivity index is 2.29. The summed E-state index contributed by atoms with van der Waals surface area (Å²) in [5.74, 6) is -1.09. The molecule has 0 heterocycles. The van der Waals surface area contributed by atoms with Crippen LogP contribution in [0, 0.1) is 0 Å². The van der Waals surface area contributed by atoms with Crippen molar-refractivity contribution in [1.82, 2.24) is 21.3 Å². The molecule has 2 rings (SSSR count). The highest BCUT2D eigenvalue weighted by Crippen LogP contribution is 2.03. The van der Waals surface area contributed by atoms with Gasteiger partial charge in [0.2, 0.25) is 0 Å². The van der Waals surface area contributed by atoms with E-state index in [-0.39, 0.29) is 13.2 Å². The lowest BCUT2D eigenvalue weighted by molar-refractivity contribution is 0.0830. The molecular formula is C22H26N4O6. The predicted molar refractivity (Wildman–Crippen MR) is 116 cm³/mol. The van der Waals surface area contributed by atoms with E-state index in [4.69, 9.17) is 9.47 Å². The van der Waals surface area contributed by atoms with Crippen LogP contribution < -0.4 is 21.3 Å². The molecular weight excluding hydrogens is 416 g/mol. The Morgan fingerprint density at radius 1 is 0.625 bits per heavy atom. The zero-order chi connectivity index (χ0) is 23.3. The molecule has 4 N–H and O–H groups in total. The summed E-state index contributed by atoms with van der Waals surface area (Å²) in [4.78, 5) is 49.6. The Labute approximate surface area is 185 Å². The normalized spacial score (nSPS) is 11.9. The van der Waals surface area contributed by atoms with Crippen LogP contribution >= 0.6 is 0 Å². The molecule has 10 heteroatoms. The molecule has 0 aliphatic rings. The quantitative estimate of drug-likeness (QED) is 0.439. The Morgan fingerprint density at radius 2 is 0.969 bits per heavy atom. The Hall–Kier alpha value is -4.08. The Kier molecular flexibility index (Phi) is 9.51. The molecule has 0 fully saturated rings. The van der Waals surface area contributed by atoms with E-state index < -0.39 is 36.3 Å². The highest BCUT2D eigenvalue weighted by molar-refractivity contribution is 5.96. The minimum Gasteiger partial charge on any atom is -0.450 e. The second kappa shape index (κ2) is 12.6. The fourth-order valence-electron chi connectivity index (χ4n) is 2.63. The van der Waals surface area contributed by atoms with Crippen LogP contribution in [0.25, 0.3) is 0 Å². The number of nitrogens with one attached hydrogen (secondary N) is 4. The summed E-state index contributed by atoms with van der Waals surface area (Å²) in [6.45, 7) is 3.39. The smallest absolute Gasteiger partial charge is 0.408 e. The van der Waals surface area contributed by atoms with Gasteiger partial charge in [-0.05, 0) is 38.1 Å². The molecule has 32 heavy (non-hydrogen) atoms. The van der Waals surface area contributed by atoms with Gasteiger partial charge in [0, 0.05) is 11.1 Å². The lowest BCUT2D eigenvalue weighted by Gasteiger charge is -2.29. The molecule has 170 valence electrons. The van der Waals surface area contributed by atoms with Crippen molar-refractivity contribution in [3.63, 3.8) is 0 Å². The van der Waals surface area contributed by atoms with Gasteiger partial charge < -0.3 is 20.1 Å². The van der Waals surface area contributed by atoms with Crippen LogP contribution in [-0.2, 0) is 9.47 Å². The molecule has 0 aliphatic heterocycles. The lowest BCUT2D eigenvalue weighted by atomic mass is 10.2. The molecule has 2 aromatic carbocycles. The minimum absolute atomic E-state index is 0.0809. The van der Waals surface area contributed by atoms with E-state index in [0.29, 0.717) is 11.1 Å². The van der Waals surface area contributed by atoms with Crippen LogP contribution in [0.5, 0.6) is 0 Å². The van der Waals surface area contributed by atoms with Crippen LogP contribution in [0.3, 0.4) is 0 Å². The van der Waals surface area contributed by atoms with Crippen molar-refractivity contribution >= 4 is 24.0 Å². The standard InChI is InChI=1S/C22H26N4O6/c1-3-31-21(29)25-17(23-19(27)15-11-7-5-8-12-15)18(26-22(30)32-4-2)24-20(28)16-13-9-6-10-14-16/h5-14,17-18H,3-4H2,1-2H3,(H,23,27)(H,24,28)(H,25,29)(H,26,30). The van der Waals surface area contributed by atoms with E-state index in [1.807, 2.05) is 0 Å². The minimum atomic E-state index is -1.26. The number of ether oxygens (including phenoxy) is 2. The molecule has 0 saturated heterocycles. The third-order valence-corrected chi connectivity index (χ3v) is 4.08. The van der Waals surface area contributed by atoms with E-state index in [1.165, 1.54) is 0 Å². The highest BCUT2D eigenvalue weighted by atomic mass is 16.6. The van der Waals surface area contributed by atoms with Crippen molar-refractivity contribution in [1.29, 1.82) is 0 Å². The van der Waals surface area contributed by atoms with E-state index >= 15 is 0 Å². The third kappa shape index (κ3) is 7.63. The lowest BCUT2D eigenvalue weighted by Crippen LogP contribution is -2.66. The maximum Gasteiger partial charge on any atom is 0.408 e. The predicted octanol–water partition coefficient (Wildman–Crippen LogP) is 1.99. The van der Waals surface area contributed by atoms with Crippen molar-refractivity contribution < 1.29 is 28.7 Å². The summed E-state index contributed by atoms with van der Waals surface area (Å²) in [5.41, 5.74) is 0.625. The molecule has 0 aromatic heterocycles. The van der Waals surface area contributed by atoms with Gasteiger partial charge in [0.05, 0.1) is 13.2 Å². The van der Waals surface area contributed by atoms with Crippen molar-refractivity contribution in [2.24, 2.45) is 0 Å². The van der Waals surface area contributed by atoms with E-state index in [9.17, 15) is 19.2 Å². The van der Waals surface area contributed by atoms with Crippen molar-refractivity contribution in [3.8, 4) is 0 Å². The van der Waals surface area contributed by atoms with Gasteiger partial charge in [0.1, 0.15) is 12.3 Å². The van der Waals surface area contributed by atoms with Gasteiger partial charge in [-0.25, -0.2) is 9.59 Å². The molecule has 2 unspecified atom stereocenters. The summed E-state index contributed by atoms with van der Waals surface area (Å²) in [5, 5.41) is 10.1. The first-order chi connectivity index (χ1) is 15.4. The van der Waals surface area contributed by atoms with E-state index in [1.54, 1.807) is 74.5 Å². The molecule has 2 aromatic rings. The number of rotatable bonds is 9. The fraction of sp³-hybridized carbons (Fsp3) is 0.273. The van der Waals surface area contributed by atoms with E-state index in [2.05, 4.69) is 21.3 Å². The Bertz CT molecular complexity index is 832. The van der Waals surface area contributed by atoms with Crippen LogP contribution in [0.15, 0.2) is 60.7 Å². The van der Waals surface area contributed by atoms with Crippen molar-refractivity contribution in [2.45, 2.75) is 26.2 Å². The first-order valence-electron chi connectivity index (χ1n) is 10.0. The van der Waals surface area contributed by atoms with Crippen LogP contribution in [-0.4, -0.2) is 49.5 Å². The molecule has 0 aliphatic carbocycles. The zero-order valence-electron chi connectivity index (χ0n) is 17.8. The van der Waals surface area contributed by atoms with Crippen LogP contribution in [0.4, 0.5) is 9.59 Å². The van der Waals surface area contributed by atoms with Crippen LogP contribution in [0.2, 0.25) is 0 Å². The van der Waals surface area contributed by atoms with Gasteiger partial charge in [0.15, 0.2) is 0 Å². The molecule has 0 radical (unpaired) electrons. The van der Waals surface area contributed by atoms with Gasteiger partial charge in [0.25, 0.3) is 11.8 Å². The van der Waals surface area contributed by atoms with Crippen LogP contribution in [0.1, 0.15) is 34.6 Å². The third-order valence-electron chi connectivity index (χ3n) is 4.08. The summed E-state index contributed by atoms with van der Waals surface area (Å²) in [6, 6.07) is 16.5. The largest absolute Gasteiger partial charge is 0.450 e. The van der Waals surface area contributed by atoms with Gasteiger partial charge in [-0.2, -0.15) is 0 Å². The van der Waals surface area contributed by atoms with Crippen molar-refractivity contribution in [2.75, 3.05) is 13.2 Å². The molecule has 2 atom stereocenters. The SMILES string of the molecule is CCOC(=O)NC(NC(=O)c1ccccc1)C(NC(=O)OCC)NC(=O)c1ccccc1. The number of hydrogen-bond acceptors (Lipinski definition) is 6. The number of hydrogen-bond donors (Lipinski definition) is 4. The number of alkyl carbamates (subject to hydrolysis) is 2. The summed E-state index contributed by atoms with van der Waals surface area (Å²) in [7, 11) is 0. The molecule has 0 spiro atoms. The maximum absolute atomic E-state index is 12.7. The summed E-state index contributed by atoms with van der Waals surface area (Å²) < 4.78 is 9.79. The van der Waals surface area contributed by atoms with Crippen molar-refractivity contribution in [3.05, 3.63) is 71.8 Å².